The van der Waals surface area contributed by atoms with Crippen LogP contribution in [0.15, 0.2) is 91.3 Å². The lowest BCUT2D eigenvalue weighted by Crippen LogP contribution is -2.30. The summed E-state index contributed by atoms with van der Waals surface area (Å²) >= 11 is 5.88. The van der Waals surface area contributed by atoms with E-state index in [2.05, 4.69) is 43.3 Å². The molecule has 3 heterocycles. The Morgan fingerprint density at radius 1 is 1.03 bits per heavy atom. The number of rotatable bonds is 8. The van der Waals surface area contributed by atoms with E-state index in [1.165, 1.54) is 7.11 Å². The minimum Gasteiger partial charge on any atom is -0.495 e. The highest BCUT2D eigenvalue weighted by Crippen LogP contribution is 2.43. The predicted octanol–water partition coefficient (Wildman–Crippen LogP) is 4.64. The standard InChI is InChI=1S/C28H27N5O3S/c1-35-18-25(34)30-22-17-20(13-14-24(22)36-2)33-27(26(31-28(33)37)21-11-6-7-15-29-21)23-12-8-16-32(23)19-9-4-3-5-10-19/h3-17,26-27H,18H2,1-2H3,(H,30,34)(H,31,37)/t26-,27-/m0/s1. The number of hydrogen-bond donors (Lipinski definition) is 2. The number of nitrogens with one attached hydrogen (secondary N) is 2. The highest BCUT2D eigenvalue weighted by Gasteiger charge is 2.42. The van der Waals surface area contributed by atoms with E-state index in [9.17, 15) is 4.79 Å². The van der Waals surface area contributed by atoms with Gasteiger partial charge in [-0.3, -0.25) is 9.78 Å². The molecule has 0 radical (unpaired) electrons. The summed E-state index contributed by atoms with van der Waals surface area (Å²) in [5.74, 6) is 0.262. The second-order valence-electron chi connectivity index (χ2n) is 8.50. The number of aromatic nitrogens is 2. The third-order valence-electron chi connectivity index (χ3n) is 6.23. The minimum absolute atomic E-state index is 0.0635. The molecule has 0 aliphatic carbocycles. The van der Waals surface area contributed by atoms with Crippen LogP contribution in [0.4, 0.5) is 11.4 Å². The lowest BCUT2D eigenvalue weighted by Gasteiger charge is -2.29. The van der Waals surface area contributed by atoms with Gasteiger partial charge in [0.25, 0.3) is 0 Å². The van der Waals surface area contributed by atoms with Crippen LogP contribution < -0.4 is 20.3 Å². The average molecular weight is 514 g/mol. The molecule has 2 aromatic heterocycles. The number of hydrogen-bond acceptors (Lipinski definition) is 5. The third kappa shape index (κ3) is 4.91. The molecule has 2 aromatic carbocycles. The number of pyridine rings is 1. The van der Waals surface area contributed by atoms with Gasteiger partial charge in [-0.25, -0.2) is 0 Å². The molecule has 8 nitrogen and oxygen atoms in total. The highest BCUT2D eigenvalue weighted by molar-refractivity contribution is 7.80. The molecule has 1 fully saturated rings. The van der Waals surface area contributed by atoms with Crippen molar-refractivity contribution >= 4 is 34.6 Å². The van der Waals surface area contributed by atoms with Crippen molar-refractivity contribution in [1.82, 2.24) is 14.9 Å². The number of thiocarbonyl (C=S) groups is 1. The van der Waals surface area contributed by atoms with Crippen LogP contribution in [0.25, 0.3) is 5.69 Å². The van der Waals surface area contributed by atoms with Gasteiger partial charge in [0.2, 0.25) is 5.91 Å². The van der Waals surface area contributed by atoms with Crippen LogP contribution in [0.2, 0.25) is 0 Å². The molecule has 4 aromatic rings. The van der Waals surface area contributed by atoms with Gasteiger partial charge in [0.1, 0.15) is 18.4 Å². The van der Waals surface area contributed by atoms with E-state index in [-0.39, 0.29) is 24.6 Å². The molecular weight excluding hydrogens is 486 g/mol. The number of nitrogens with zero attached hydrogens (tertiary/aromatic N) is 3. The first-order valence-electron chi connectivity index (χ1n) is 11.8. The molecule has 1 aliphatic heterocycles. The Kier molecular flexibility index (Phi) is 7.16. The van der Waals surface area contributed by atoms with Crippen molar-refractivity contribution in [1.29, 1.82) is 0 Å². The zero-order valence-corrected chi connectivity index (χ0v) is 21.3. The van der Waals surface area contributed by atoms with Crippen LogP contribution in [0.3, 0.4) is 0 Å². The van der Waals surface area contributed by atoms with Crippen molar-refractivity contribution < 1.29 is 14.3 Å². The van der Waals surface area contributed by atoms with Crippen molar-refractivity contribution in [2.75, 3.05) is 31.0 Å². The quantitative estimate of drug-likeness (QED) is 0.332. The third-order valence-corrected chi connectivity index (χ3v) is 6.54. The van der Waals surface area contributed by atoms with Crippen LogP contribution in [-0.4, -0.2) is 41.4 Å². The summed E-state index contributed by atoms with van der Waals surface area (Å²) in [5.41, 5.74) is 4.29. The zero-order valence-electron chi connectivity index (χ0n) is 20.5. The number of benzene rings is 2. The first-order valence-corrected chi connectivity index (χ1v) is 12.2. The Morgan fingerprint density at radius 3 is 2.57 bits per heavy atom. The number of carbonyl (C=O) groups excluding carboxylic acids is 1. The molecule has 0 bridgehead atoms. The van der Waals surface area contributed by atoms with Gasteiger partial charge in [-0.05, 0) is 66.8 Å². The number of amides is 1. The molecule has 1 saturated heterocycles. The molecular formula is C28H27N5O3S. The fraction of sp³-hybridized carbons (Fsp3) is 0.179. The molecule has 1 amide bonds. The molecule has 37 heavy (non-hydrogen) atoms. The SMILES string of the molecule is COCC(=O)Nc1cc(N2C(=S)N[C@@H](c3ccccn3)[C@@H]2c2cccn2-c2ccccc2)ccc1OC. The monoisotopic (exact) mass is 513 g/mol. The number of carbonyl (C=O) groups is 1. The normalized spacial score (nSPS) is 16.9. The van der Waals surface area contributed by atoms with Crippen LogP contribution >= 0.6 is 12.2 Å². The summed E-state index contributed by atoms with van der Waals surface area (Å²) in [7, 11) is 3.04. The minimum atomic E-state index is -0.277. The lowest BCUT2D eigenvalue weighted by molar-refractivity contribution is -0.119. The van der Waals surface area contributed by atoms with Crippen molar-refractivity contribution in [3.63, 3.8) is 0 Å². The van der Waals surface area contributed by atoms with Gasteiger partial charge in [-0.15, -0.1) is 0 Å². The molecule has 0 unspecified atom stereocenters. The molecule has 2 N–H and O–H groups in total. The van der Waals surface area contributed by atoms with E-state index in [0.717, 1.165) is 22.8 Å². The number of methoxy groups -OCH3 is 2. The van der Waals surface area contributed by atoms with Crippen molar-refractivity contribution in [3.05, 3.63) is 103 Å². The topological polar surface area (TPSA) is 80.7 Å². The molecule has 5 rings (SSSR count). The Bertz CT molecular complexity index is 1390. The fourth-order valence-electron chi connectivity index (χ4n) is 4.65. The summed E-state index contributed by atoms with van der Waals surface area (Å²) in [6, 6.07) is 25.4. The summed E-state index contributed by atoms with van der Waals surface area (Å²) in [6.07, 6.45) is 3.83. The first-order chi connectivity index (χ1) is 18.1. The average Bonchev–Trinajstić information content (AvgIpc) is 3.54. The Labute approximate surface area is 220 Å². The predicted molar refractivity (Wildman–Crippen MR) is 147 cm³/mol. The van der Waals surface area contributed by atoms with E-state index in [1.807, 2.05) is 66.9 Å². The summed E-state index contributed by atoms with van der Waals surface area (Å²) < 4.78 is 12.6. The Balaban J connectivity index is 1.62. The second-order valence-corrected chi connectivity index (χ2v) is 8.89. The smallest absolute Gasteiger partial charge is 0.250 e. The van der Waals surface area contributed by atoms with Gasteiger partial charge in [-0.2, -0.15) is 0 Å². The highest BCUT2D eigenvalue weighted by atomic mass is 32.1. The van der Waals surface area contributed by atoms with Crippen molar-refractivity contribution in [3.8, 4) is 11.4 Å². The van der Waals surface area contributed by atoms with Crippen molar-refractivity contribution in [2.45, 2.75) is 12.1 Å². The molecule has 0 saturated carbocycles. The number of ether oxygens (including phenoxy) is 2. The Hall–Kier alpha value is -4.21. The van der Waals surface area contributed by atoms with Crippen LogP contribution in [0.5, 0.6) is 5.75 Å². The fourth-order valence-corrected chi connectivity index (χ4v) is 5.00. The largest absolute Gasteiger partial charge is 0.495 e. The van der Waals surface area contributed by atoms with E-state index >= 15 is 0 Å². The maximum Gasteiger partial charge on any atom is 0.250 e. The molecule has 188 valence electrons. The number of anilines is 2. The van der Waals surface area contributed by atoms with Gasteiger partial charge >= 0.3 is 0 Å². The van der Waals surface area contributed by atoms with E-state index in [0.29, 0.717) is 16.5 Å². The van der Waals surface area contributed by atoms with Crippen LogP contribution in [0, 0.1) is 0 Å². The van der Waals surface area contributed by atoms with Gasteiger partial charge < -0.3 is 29.6 Å². The second kappa shape index (κ2) is 10.8. The number of para-hydroxylation sites is 1. The van der Waals surface area contributed by atoms with E-state index in [1.54, 1.807) is 13.3 Å². The van der Waals surface area contributed by atoms with Crippen molar-refractivity contribution in [2.24, 2.45) is 0 Å². The van der Waals surface area contributed by atoms with E-state index < -0.39 is 0 Å². The lowest BCUT2D eigenvalue weighted by atomic mass is 10.0. The summed E-state index contributed by atoms with van der Waals surface area (Å²) in [5, 5.41) is 6.92. The van der Waals surface area contributed by atoms with Gasteiger partial charge in [-0.1, -0.05) is 24.3 Å². The van der Waals surface area contributed by atoms with Crippen LogP contribution in [0.1, 0.15) is 23.5 Å². The van der Waals surface area contributed by atoms with Gasteiger partial charge in [0.15, 0.2) is 5.11 Å². The molecule has 0 spiro atoms. The molecule has 2 atom stereocenters. The van der Waals surface area contributed by atoms with E-state index in [4.69, 9.17) is 21.7 Å². The summed E-state index contributed by atoms with van der Waals surface area (Å²) in [4.78, 5) is 19.0. The van der Waals surface area contributed by atoms with Crippen LogP contribution in [-0.2, 0) is 9.53 Å². The maximum atomic E-state index is 12.3. The maximum absolute atomic E-state index is 12.3. The van der Waals surface area contributed by atoms with Gasteiger partial charge in [0, 0.05) is 36.6 Å². The molecule has 9 heteroatoms. The first kappa shape index (κ1) is 24.5. The Morgan fingerprint density at radius 2 is 1.84 bits per heavy atom. The van der Waals surface area contributed by atoms with Gasteiger partial charge in [0.05, 0.1) is 24.5 Å². The zero-order chi connectivity index (χ0) is 25.8. The summed E-state index contributed by atoms with van der Waals surface area (Å²) in [6.45, 7) is -0.0635. The molecule has 1 aliphatic rings.